The molecule has 4 rings (SSSR count). The summed E-state index contributed by atoms with van der Waals surface area (Å²) >= 11 is 1.42. The van der Waals surface area contributed by atoms with Gasteiger partial charge in [-0.1, -0.05) is 36.4 Å². The van der Waals surface area contributed by atoms with Gasteiger partial charge in [0.25, 0.3) is 11.8 Å². The lowest BCUT2D eigenvalue weighted by molar-refractivity contribution is -0.117. The lowest BCUT2D eigenvalue weighted by Crippen LogP contribution is -2.32. The molecule has 0 radical (unpaired) electrons. The van der Waals surface area contributed by atoms with E-state index in [9.17, 15) is 14.4 Å². The van der Waals surface area contributed by atoms with E-state index in [1.54, 1.807) is 66.7 Å². The number of nitrogens with zero attached hydrogens (tertiary/aromatic N) is 1. The van der Waals surface area contributed by atoms with Crippen molar-refractivity contribution in [3.63, 3.8) is 0 Å². The minimum Gasteiger partial charge on any atom is -0.457 e. The summed E-state index contributed by atoms with van der Waals surface area (Å²) in [5.74, 6) is -1.42. The molecule has 2 N–H and O–H groups in total. The molecule has 0 fully saturated rings. The van der Waals surface area contributed by atoms with Crippen molar-refractivity contribution in [2.75, 3.05) is 0 Å². The molecular formula is C26H19N3O5S. The number of esters is 1. The lowest BCUT2D eigenvalue weighted by atomic mass is 10.2. The number of benzene rings is 2. The molecular weight excluding hydrogens is 466 g/mol. The Morgan fingerprint density at radius 3 is 2.46 bits per heavy atom. The molecule has 2 heterocycles. The number of furan rings is 1. The van der Waals surface area contributed by atoms with Gasteiger partial charge in [0.1, 0.15) is 11.4 Å². The van der Waals surface area contributed by atoms with Crippen LogP contribution in [-0.4, -0.2) is 24.0 Å². The summed E-state index contributed by atoms with van der Waals surface area (Å²) in [7, 11) is 0. The Hall–Kier alpha value is -4.76. The molecule has 0 aliphatic rings. The zero-order valence-corrected chi connectivity index (χ0v) is 19.0. The van der Waals surface area contributed by atoms with Crippen LogP contribution in [0.15, 0.2) is 106 Å². The average Bonchev–Trinajstić information content (AvgIpc) is 3.60. The molecule has 2 amide bonds. The van der Waals surface area contributed by atoms with E-state index < -0.39 is 17.8 Å². The van der Waals surface area contributed by atoms with E-state index in [0.717, 1.165) is 4.88 Å². The van der Waals surface area contributed by atoms with Gasteiger partial charge in [-0.15, -0.1) is 11.3 Å². The van der Waals surface area contributed by atoms with E-state index in [-0.39, 0.29) is 17.2 Å². The van der Waals surface area contributed by atoms with Crippen LogP contribution in [0.4, 0.5) is 0 Å². The van der Waals surface area contributed by atoms with Gasteiger partial charge in [-0.05, 0) is 53.9 Å². The number of carbonyl (C=O) groups excluding carboxylic acids is 3. The Morgan fingerprint density at radius 2 is 1.71 bits per heavy atom. The summed E-state index contributed by atoms with van der Waals surface area (Å²) in [6, 6.07) is 22.0. The second kappa shape index (κ2) is 11.4. The number of para-hydroxylation sites is 1. The zero-order chi connectivity index (χ0) is 24.5. The van der Waals surface area contributed by atoms with Gasteiger partial charge in [0.2, 0.25) is 5.76 Å². The molecule has 2 aromatic heterocycles. The van der Waals surface area contributed by atoms with Crippen LogP contribution in [0.1, 0.15) is 31.4 Å². The van der Waals surface area contributed by atoms with Crippen LogP contribution in [0.2, 0.25) is 0 Å². The highest BCUT2D eigenvalue weighted by molar-refractivity contribution is 7.10. The SMILES string of the molecule is O=C(N/N=C/c1ccccc1OC(=O)c1ccco1)/C(=C\c1cccs1)NC(=O)c1ccccc1. The maximum Gasteiger partial charge on any atom is 0.379 e. The molecule has 0 saturated carbocycles. The Kier molecular flexibility index (Phi) is 7.62. The third-order valence-electron chi connectivity index (χ3n) is 4.57. The topological polar surface area (TPSA) is 110 Å². The Labute approximate surface area is 204 Å². The van der Waals surface area contributed by atoms with E-state index in [4.69, 9.17) is 9.15 Å². The molecule has 0 aliphatic carbocycles. The molecule has 0 atom stereocenters. The van der Waals surface area contributed by atoms with Crippen LogP contribution < -0.4 is 15.5 Å². The minimum atomic E-state index is -0.662. The van der Waals surface area contributed by atoms with E-state index in [1.807, 2.05) is 17.5 Å². The molecule has 4 aromatic rings. The Balaban J connectivity index is 1.47. The Morgan fingerprint density at radius 1 is 0.914 bits per heavy atom. The van der Waals surface area contributed by atoms with Crippen molar-refractivity contribution in [1.82, 2.24) is 10.7 Å². The minimum absolute atomic E-state index is 0.0241. The van der Waals surface area contributed by atoms with Gasteiger partial charge in [0.15, 0.2) is 0 Å². The highest BCUT2D eigenvalue weighted by Crippen LogP contribution is 2.18. The van der Waals surface area contributed by atoms with Gasteiger partial charge in [-0.2, -0.15) is 5.10 Å². The molecule has 0 spiro atoms. The molecule has 35 heavy (non-hydrogen) atoms. The normalized spacial score (nSPS) is 11.3. The number of carbonyl (C=O) groups is 3. The summed E-state index contributed by atoms with van der Waals surface area (Å²) in [5.41, 5.74) is 3.29. The number of ether oxygens (including phenoxy) is 1. The second-order valence-corrected chi connectivity index (χ2v) is 7.98. The summed E-state index contributed by atoms with van der Waals surface area (Å²) in [6.07, 6.45) is 4.28. The third kappa shape index (κ3) is 6.40. The number of hydrogen-bond acceptors (Lipinski definition) is 7. The monoisotopic (exact) mass is 485 g/mol. The van der Waals surface area contributed by atoms with Crippen molar-refractivity contribution in [3.05, 3.63) is 118 Å². The molecule has 0 unspecified atom stereocenters. The largest absolute Gasteiger partial charge is 0.457 e. The first kappa shape index (κ1) is 23.4. The highest BCUT2D eigenvalue weighted by Gasteiger charge is 2.15. The van der Waals surface area contributed by atoms with Crippen molar-refractivity contribution in [1.29, 1.82) is 0 Å². The first-order valence-corrected chi connectivity index (χ1v) is 11.3. The van der Waals surface area contributed by atoms with Gasteiger partial charge >= 0.3 is 5.97 Å². The summed E-state index contributed by atoms with van der Waals surface area (Å²) in [6.45, 7) is 0. The predicted octanol–water partition coefficient (Wildman–Crippen LogP) is 4.48. The van der Waals surface area contributed by atoms with Gasteiger partial charge in [0.05, 0.1) is 12.5 Å². The molecule has 174 valence electrons. The van der Waals surface area contributed by atoms with Crippen LogP contribution in [0.5, 0.6) is 5.75 Å². The highest BCUT2D eigenvalue weighted by atomic mass is 32.1. The van der Waals surface area contributed by atoms with E-state index in [2.05, 4.69) is 15.8 Å². The molecule has 2 aromatic carbocycles. The number of hydrogen-bond donors (Lipinski definition) is 2. The molecule has 0 bridgehead atoms. The molecule has 0 aliphatic heterocycles. The predicted molar refractivity (Wildman–Crippen MR) is 132 cm³/mol. The first-order chi connectivity index (χ1) is 17.1. The van der Waals surface area contributed by atoms with Crippen molar-refractivity contribution >= 4 is 41.4 Å². The van der Waals surface area contributed by atoms with Crippen LogP contribution in [0, 0.1) is 0 Å². The number of rotatable bonds is 8. The van der Waals surface area contributed by atoms with E-state index >= 15 is 0 Å². The fourth-order valence-electron chi connectivity index (χ4n) is 2.90. The van der Waals surface area contributed by atoms with E-state index in [0.29, 0.717) is 11.1 Å². The van der Waals surface area contributed by atoms with Crippen LogP contribution in [-0.2, 0) is 4.79 Å². The van der Waals surface area contributed by atoms with Crippen molar-refractivity contribution < 1.29 is 23.5 Å². The third-order valence-corrected chi connectivity index (χ3v) is 5.39. The number of nitrogens with one attached hydrogen (secondary N) is 2. The summed E-state index contributed by atoms with van der Waals surface area (Å²) < 4.78 is 10.4. The van der Waals surface area contributed by atoms with Crippen molar-refractivity contribution in [2.24, 2.45) is 5.10 Å². The summed E-state index contributed by atoms with van der Waals surface area (Å²) in [4.78, 5) is 38.4. The zero-order valence-electron chi connectivity index (χ0n) is 18.2. The lowest BCUT2D eigenvalue weighted by Gasteiger charge is -2.09. The number of amides is 2. The number of hydrazone groups is 1. The fraction of sp³-hybridized carbons (Fsp3) is 0. The maximum absolute atomic E-state index is 12.8. The van der Waals surface area contributed by atoms with Gasteiger partial charge in [0, 0.05) is 16.0 Å². The van der Waals surface area contributed by atoms with Gasteiger partial charge in [-0.3, -0.25) is 9.59 Å². The van der Waals surface area contributed by atoms with Crippen LogP contribution >= 0.6 is 11.3 Å². The molecule has 0 saturated heterocycles. The maximum atomic E-state index is 12.8. The van der Waals surface area contributed by atoms with Gasteiger partial charge in [-0.25, -0.2) is 10.2 Å². The van der Waals surface area contributed by atoms with Crippen LogP contribution in [0.25, 0.3) is 6.08 Å². The van der Waals surface area contributed by atoms with Crippen LogP contribution in [0.3, 0.4) is 0 Å². The van der Waals surface area contributed by atoms with Gasteiger partial charge < -0.3 is 14.5 Å². The smallest absolute Gasteiger partial charge is 0.379 e. The van der Waals surface area contributed by atoms with E-state index in [1.165, 1.54) is 29.9 Å². The molecule has 9 heteroatoms. The van der Waals surface area contributed by atoms with Crippen molar-refractivity contribution in [3.8, 4) is 5.75 Å². The quantitative estimate of drug-likeness (QED) is 0.126. The molecule has 8 nitrogen and oxygen atoms in total. The fourth-order valence-corrected chi connectivity index (χ4v) is 3.56. The average molecular weight is 486 g/mol. The Bertz CT molecular complexity index is 1360. The summed E-state index contributed by atoms with van der Waals surface area (Å²) in [5, 5.41) is 8.47. The van der Waals surface area contributed by atoms with Crippen molar-refractivity contribution in [2.45, 2.75) is 0 Å². The second-order valence-electron chi connectivity index (χ2n) is 7.00. The number of thiophene rings is 1. The standard InChI is InChI=1S/C26H19N3O5S/c30-24(18-8-2-1-3-9-18)28-21(16-20-11-7-15-35-20)25(31)29-27-17-19-10-4-5-12-22(19)34-26(32)23-13-6-14-33-23/h1-17H,(H,28,30)(H,29,31)/b21-16+,27-17+. The first-order valence-electron chi connectivity index (χ1n) is 10.4.